The third-order valence-corrected chi connectivity index (χ3v) is 3.46. The van der Waals surface area contributed by atoms with Crippen molar-refractivity contribution in [2.24, 2.45) is 0 Å². The normalized spacial score (nSPS) is 15.6. The highest BCUT2D eigenvalue weighted by Gasteiger charge is 2.33. The number of benzene rings is 1. The molecule has 0 unspecified atom stereocenters. The average Bonchev–Trinajstić information content (AvgIpc) is 2.85. The van der Waals surface area contributed by atoms with E-state index in [0.717, 1.165) is 0 Å². The number of imide groups is 1. The SMILES string of the molecule is CC(C)(C)OC(=O)N[C@@H](CC(=O)ON1C(=O)CCC1=O)c1ccccc1. The van der Waals surface area contributed by atoms with Gasteiger partial charge >= 0.3 is 12.1 Å². The van der Waals surface area contributed by atoms with Gasteiger partial charge in [0.2, 0.25) is 0 Å². The van der Waals surface area contributed by atoms with Crippen molar-refractivity contribution in [2.75, 3.05) is 0 Å². The number of carbonyl (C=O) groups excluding carboxylic acids is 4. The van der Waals surface area contributed by atoms with E-state index in [1.165, 1.54) is 0 Å². The first-order valence-corrected chi connectivity index (χ1v) is 8.27. The molecule has 3 amide bonds. The molecular formula is C18H22N2O6. The molecule has 1 aromatic carbocycles. The van der Waals surface area contributed by atoms with Gasteiger partial charge in [0.05, 0.1) is 12.5 Å². The molecule has 8 heteroatoms. The predicted molar refractivity (Wildman–Crippen MR) is 90.3 cm³/mol. The van der Waals surface area contributed by atoms with E-state index in [2.05, 4.69) is 5.32 Å². The zero-order chi connectivity index (χ0) is 19.3. The summed E-state index contributed by atoms with van der Waals surface area (Å²) in [6.45, 7) is 5.18. The van der Waals surface area contributed by atoms with E-state index in [1.54, 1.807) is 51.1 Å². The van der Waals surface area contributed by atoms with Crippen LogP contribution in [-0.4, -0.2) is 34.5 Å². The summed E-state index contributed by atoms with van der Waals surface area (Å²) in [4.78, 5) is 52.2. The van der Waals surface area contributed by atoms with Crippen molar-refractivity contribution >= 4 is 23.9 Å². The van der Waals surface area contributed by atoms with Crippen LogP contribution in [0.1, 0.15) is 51.6 Å². The molecule has 1 N–H and O–H groups in total. The third-order valence-electron chi connectivity index (χ3n) is 3.46. The van der Waals surface area contributed by atoms with Crippen molar-refractivity contribution in [3.63, 3.8) is 0 Å². The fraction of sp³-hybridized carbons (Fsp3) is 0.444. The Hall–Kier alpha value is -2.90. The van der Waals surface area contributed by atoms with Crippen molar-refractivity contribution < 1.29 is 28.8 Å². The second kappa shape index (κ2) is 7.99. The van der Waals surface area contributed by atoms with Crippen LogP contribution in [0.4, 0.5) is 4.79 Å². The number of rotatable bonds is 5. The summed E-state index contributed by atoms with van der Waals surface area (Å²) in [6, 6.07) is 8.07. The molecule has 1 aliphatic heterocycles. The van der Waals surface area contributed by atoms with Gasteiger partial charge in [0.15, 0.2) is 0 Å². The van der Waals surface area contributed by atoms with Crippen molar-refractivity contribution in [1.29, 1.82) is 0 Å². The van der Waals surface area contributed by atoms with E-state index in [-0.39, 0.29) is 19.3 Å². The summed E-state index contributed by atoms with van der Waals surface area (Å²) in [5.74, 6) is -1.92. The van der Waals surface area contributed by atoms with Gasteiger partial charge in [0, 0.05) is 12.8 Å². The van der Waals surface area contributed by atoms with Gasteiger partial charge < -0.3 is 14.9 Å². The zero-order valence-corrected chi connectivity index (χ0v) is 15.0. The summed E-state index contributed by atoms with van der Waals surface area (Å²) in [6.07, 6.45) is -0.915. The topological polar surface area (TPSA) is 102 Å². The lowest BCUT2D eigenvalue weighted by molar-refractivity contribution is -0.197. The van der Waals surface area contributed by atoms with Crippen LogP contribution in [0.2, 0.25) is 0 Å². The lowest BCUT2D eigenvalue weighted by atomic mass is 10.0. The maximum atomic E-state index is 12.2. The van der Waals surface area contributed by atoms with E-state index in [4.69, 9.17) is 9.57 Å². The minimum absolute atomic E-state index is 0.0182. The molecule has 0 bridgehead atoms. The summed E-state index contributed by atoms with van der Waals surface area (Å²) in [5.41, 5.74) is -0.0328. The fourth-order valence-corrected chi connectivity index (χ4v) is 2.35. The first-order chi connectivity index (χ1) is 12.2. The molecule has 0 saturated carbocycles. The molecule has 140 valence electrons. The van der Waals surface area contributed by atoms with Crippen LogP contribution in [0.5, 0.6) is 0 Å². The lowest BCUT2D eigenvalue weighted by Gasteiger charge is -2.24. The largest absolute Gasteiger partial charge is 0.444 e. The summed E-state index contributed by atoms with van der Waals surface area (Å²) >= 11 is 0. The number of hydrogen-bond acceptors (Lipinski definition) is 6. The maximum absolute atomic E-state index is 12.2. The fourth-order valence-electron chi connectivity index (χ4n) is 2.35. The standard InChI is InChI=1S/C18H22N2O6/c1-18(2,3)25-17(24)19-13(12-7-5-4-6-8-12)11-16(23)26-20-14(21)9-10-15(20)22/h4-8,13H,9-11H2,1-3H3,(H,19,24)/t13-/m0/s1. The van der Waals surface area contributed by atoms with Gasteiger partial charge in [0.1, 0.15) is 5.60 Å². The third kappa shape index (κ3) is 5.58. The van der Waals surface area contributed by atoms with Crippen LogP contribution in [0, 0.1) is 0 Å². The number of alkyl carbamates (subject to hydrolysis) is 1. The molecule has 1 atom stereocenters. The Bertz CT molecular complexity index is 679. The first-order valence-electron chi connectivity index (χ1n) is 8.27. The number of hydrogen-bond donors (Lipinski definition) is 1. The molecule has 8 nitrogen and oxygen atoms in total. The van der Waals surface area contributed by atoms with Gasteiger partial charge in [-0.1, -0.05) is 30.3 Å². The summed E-state index contributed by atoms with van der Waals surface area (Å²) in [7, 11) is 0. The van der Waals surface area contributed by atoms with Gasteiger partial charge in [-0.2, -0.15) is 0 Å². The minimum Gasteiger partial charge on any atom is -0.444 e. The maximum Gasteiger partial charge on any atom is 0.408 e. The minimum atomic E-state index is -0.807. The van der Waals surface area contributed by atoms with Crippen LogP contribution in [0.25, 0.3) is 0 Å². The quantitative estimate of drug-likeness (QED) is 0.806. The number of amides is 3. The van der Waals surface area contributed by atoms with Gasteiger partial charge in [-0.3, -0.25) is 9.59 Å². The van der Waals surface area contributed by atoms with Crippen LogP contribution < -0.4 is 5.32 Å². The van der Waals surface area contributed by atoms with Crippen molar-refractivity contribution in [1.82, 2.24) is 10.4 Å². The highest BCUT2D eigenvalue weighted by Crippen LogP contribution is 2.20. The first kappa shape index (κ1) is 19.4. The molecule has 1 saturated heterocycles. The number of carbonyl (C=O) groups is 4. The predicted octanol–water partition coefficient (Wildman–Crippen LogP) is 2.25. The van der Waals surface area contributed by atoms with Crippen LogP contribution in [-0.2, 0) is 24.0 Å². The van der Waals surface area contributed by atoms with E-state index in [1.807, 2.05) is 0 Å². The Labute approximate surface area is 151 Å². The van der Waals surface area contributed by atoms with Crippen molar-refractivity contribution in [3.8, 4) is 0 Å². The second-order valence-electron chi connectivity index (χ2n) is 6.86. The molecular weight excluding hydrogens is 340 g/mol. The van der Waals surface area contributed by atoms with E-state index >= 15 is 0 Å². The highest BCUT2D eigenvalue weighted by atomic mass is 16.7. The van der Waals surface area contributed by atoms with E-state index in [9.17, 15) is 19.2 Å². The number of nitrogens with one attached hydrogen (secondary N) is 1. The molecule has 1 fully saturated rings. The molecule has 0 aromatic heterocycles. The van der Waals surface area contributed by atoms with Crippen LogP contribution in [0.15, 0.2) is 30.3 Å². The van der Waals surface area contributed by atoms with E-state index < -0.39 is 35.5 Å². The molecule has 1 aromatic rings. The van der Waals surface area contributed by atoms with Crippen LogP contribution >= 0.6 is 0 Å². The zero-order valence-electron chi connectivity index (χ0n) is 15.0. The van der Waals surface area contributed by atoms with E-state index in [0.29, 0.717) is 10.6 Å². The monoisotopic (exact) mass is 362 g/mol. The Morgan fingerprint density at radius 2 is 1.69 bits per heavy atom. The lowest BCUT2D eigenvalue weighted by Crippen LogP contribution is -2.37. The molecule has 2 rings (SSSR count). The summed E-state index contributed by atoms with van der Waals surface area (Å²) < 4.78 is 5.22. The molecule has 0 radical (unpaired) electrons. The molecule has 1 heterocycles. The number of ether oxygens (including phenoxy) is 1. The summed E-state index contributed by atoms with van der Waals surface area (Å²) in [5, 5.41) is 3.10. The van der Waals surface area contributed by atoms with Crippen LogP contribution in [0.3, 0.4) is 0 Å². The molecule has 0 aliphatic carbocycles. The van der Waals surface area contributed by atoms with Crippen molar-refractivity contribution in [3.05, 3.63) is 35.9 Å². The number of hydroxylamine groups is 2. The number of nitrogens with zero attached hydrogens (tertiary/aromatic N) is 1. The second-order valence-corrected chi connectivity index (χ2v) is 6.86. The Kier molecular flexibility index (Phi) is 5.97. The average molecular weight is 362 g/mol. The molecule has 1 aliphatic rings. The Morgan fingerprint density at radius 1 is 1.12 bits per heavy atom. The van der Waals surface area contributed by atoms with Gasteiger partial charge in [0.25, 0.3) is 11.8 Å². The molecule has 0 spiro atoms. The van der Waals surface area contributed by atoms with Gasteiger partial charge in [-0.25, -0.2) is 9.59 Å². The van der Waals surface area contributed by atoms with Gasteiger partial charge in [-0.05, 0) is 26.3 Å². The van der Waals surface area contributed by atoms with Gasteiger partial charge in [-0.15, -0.1) is 5.06 Å². The smallest absolute Gasteiger partial charge is 0.408 e. The highest BCUT2D eigenvalue weighted by molar-refractivity contribution is 6.01. The molecule has 26 heavy (non-hydrogen) atoms. The Morgan fingerprint density at radius 3 is 2.23 bits per heavy atom. The Balaban J connectivity index is 2.06. The van der Waals surface area contributed by atoms with Crippen molar-refractivity contribution in [2.45, 2.75) is 51.7 Å².